The van der Waals surface area contributed by atoms with Crippen molar-refractivity contribution >= 4 is 0 Å². The zero-order valence-corrected chi connectivity index (χ0v) is 3.23. The Hall–Kier alpha value is -1.20. The fraction of sp³-hybridized carbons (Fsp3) is 0. The number of halogens is 2. The summed E-state index contributed by atoms with van der Waals surface area (Å²) in [5.41, 5.74) is 1.34. The number of nitrogens with zero attached hydrogens (tertiary/aromatic N) is 2. The summed E-state index contributed by atoms with van der Waals surface area (Å²) < 4.78 is 21.6. The zero-order chi connectivity index (χ0) is 5.70. The Balaban J connectivity index is 3.95. The zero-order valence-electron chi connectivity index (χ0n) is 3.23. The fourth-order valence-electron chi connectivity index (χ4n) is 0.0777. The first-order valence-corrected chi connectivity index (χ1v) is 1.37. The van der Waals surface area contributed by atoms with Gasteiger partial charge in [-0.1, -0.05) is 0 Å². The predicted molar refractivity (Wildman–Crippen MR) is 18.9 cm³/mol. The van der Waals surface area contributed by atoms with Crippen LogP contribution in [0.4, 0.5) is 8.78 Å². The van der Waals surface area contributed by atoms with E-state index in [1.807, 2.05) is 0 Å². The van der Waals surface area contributed by atoms with Crippen molar-refractivity contribution in [2.75, 3.05) is 0 Å². The van der Waals surface area contributed by atoms with Crippen molar-refractivity contribution in [3.8, 4) is 0 Å². The van der Waals surface area contributed by atoms with Gasteiger partial charge in [-0.05, 0) is 0 Å². The lowest BCUT2D eigenvalue weighted by atomic mass is 10.9. The van der Waals surface area contributed by atoms with Gasteiger partial charge in [-0.3, -0.25) is 0 Å². The van der Waals surface area contributed by atoms with Crippen molar-refractivity contribution in [1.29, 1.82) is 5.39 Å². The largest absolute Gasteiger partial charge is 0.398 e. The van der Waals surface area contributed by atoms with Gasteiger partial charge in [0.05, 0.1) is 0 Å². The smallest absolute Gasteiger partial charge is 0.163 e. The molecule has 0 atom stereocenters. The highest BCUT2D eigenvalue weighted by molar-refractivity contribution is 4.88. The van der Waals surface area contributed by atoms with Crippen LogP contribution in [0.2, 0.25) is 0 Å². The second-order valence-electron chi connectivity index (χ2n) is 0.649. The van der Waals surface area contributed by atoms with E-state index < -0.39 is 6.08 Å². The van der Waals surface area contributed by atoms with Crippen molar-refractivity contribution in [3.05, 3.63) is 23.0 Å². The van der Waals surface area contributed by atoms with E-state index >= 15 is 0 Å². The minimum absolute atomic E-state index is 0.468. The molecule has 0 unspecified atom stereocenters. The summed E-state index contributed by atoms with van der Waals surface area (Å²) in [6.45, 7) is 0. The summed E-state index contributed by atoms with van der Waals surface area (Å²) in [7, 11) is 0. The molecule has 0 rings (SSSR count). The summed E-state index contributed by atoms with van der Waals surface area (Å²) in [5, 5.41) is 7.48. The fourth-order valence-corrected chi connectivity index (χ4v) is 0.0777. The molecule has 0 spiro atoms. The maximum absolute atomic E-state index is 10.8. The van der Waals surface area contributed by atoms with Crippen LogP contribution in [-0.4, -0.2) is 0 Å². The minimum atomic E-state index is -2.00. The number of hydrogen-bond donors (Lipinski definition) is 0. The van der Waals surface area contributed by atoms with Crippen molar-refractivity contribution in [2.24, 2.45) is 0 Å². The second kappa shape index (κ2) is 3.01. The topological polar surface area (TPSA) is 28.1 Å². The van der Waals surface area contributed by atoms with Crippen molar-refractivity contribution < 1.29 is 8.78 Å². The van der Waals surface area contributed by atoms with E-state index in [-0.39, 0.29) is 0 Å². The van der Waals surface area contributed by atoms with Crippen molar-refractivity contribution in [2.45, 2.75) is 0 Å². The van der Waals surface area contributed by atoms with Crippen molar-refractivity contribution in [3.63, 3.8) is 0 Å². The molecule has 0 fully saturated rings. The van der Waals surface area contributed by atoms with Gasteiger partial charge in [0.25, 0.3) is 0 Å². The quantitative estimate of drug-likeness (QED) is 0.339. The van der Waals surface area contributed by atoms with Gasteiger partial charge < -0.3 is 0 Å². The molecule has 0 saturated heterocycles. The molecule has 0 radical (unpaired) electrons. The Morgan fingerprint density at radius 2 is 2.29 bits per heavy atom. The number of hydrogen-bond acceptors (Lipinski definition) is 1. The van der Waals surface area contributed by atoms with Gasteiger partial charge in [0.1, 0.15) is 0 Å². The number of rotatable bonds is 0. The van der Waals surface area contributed by atoms with Crippen LogP contribution in [0.5, 0.6) is 0 Å². The maximum atomic E-state index is 10.8. The van der Waals surface area contributed by atoms with Crippen LogP contribution in [0.1, 0.15) is 0 Å². The molecule has 4 heteroatoms. The van der Waals surface area contributed by atoms with Gasteiger partial charge in [0.15, 0.2) is 4.98 Å². The van der Waals surface area contributed by atoms with E-state index in [1.165, 1.54) is 5.73 Å². The first-order valence-electron chi connectivity index (χ1n) is 1.37. The summed E-state index contributed by atoms with van der Waals surface area (Å²) in [4.78, 5) is 2.24. The number of diazo groups is 1. The Morgan fingerprint density at radius 1 is 1.71 bits per heavy atom. The first-order chi connectivity index (χ1) is 3.27. The molecule has 0 aromatic carbocycles. The highest BCUT2D eigenvalue weighted by atomic mass is 19.3. The molecule has 0 bridgehead atoms. The lowest BCUT2D eigenvalue weighted by molar-refractivity contribution is 0.424. The molecule has 2 nitrogen and oxygen atoms in total. The Labute approximate surface area is 38.4 Å². The molecular weight excluding hydrogens is 102 g/mol. The van der Waals surface area contributed by atoms with E-state index in [2.05, 4.69) is 4.98 Å². The first kappa shape index (κ1) is 5.80. The molecular formula is C3HF2N2+. The molecule has 0 N–H and O–H groups in total. The third-order valence-corrected chi connectivity index (χ3v) is 0.231. The monoisotopic (exact) mass is 103 g/mol. The highest BCUT2D eigenvalue weighted by Crippen LogP contribution is 1.90. The molecule has 36 valence electrons. The van der Waals surface area contributed by atoms with Crippen LogP contribution in [0.15, 0.2) is 18.0 Å². The molecule has 7 heavy (non-hydrogen) atoms. The Morgan fingerprint density at radius 3 is 2.43 bits per heavy atom. The normalized spacial score (nSPS) is 5.86. The highest BCUT2D eigenvalue weighted by Gasteiger charge is 1.81. The van der Waals surface area contributed by atoms with Crippen LogP contribution in [0.25, 0.3) is 4.98 Å². The Bertz CT molecular complexity index is 145. The summed E-state index contributed by atoms with van der Waals surface area (Å²) in [6, 6.07) is 0. The summed E-state index contributed by atoms with van der Waals surface area (Å²) in [6.07, 6.45) is -1.53. The van der Waals surface area contributed by atoms with E-state index in [4.69, 9.17) is 5.39 Å². The van der Waals surface area contributed by atoms with Crippen LogP contribution in [-0.2, 0) is 0 Å². The van der Waals surface area contributed by atoms with E-state index in [1.54, 1.807) is 0 Å². The molecule has 0 aromatic heterocycles. The SMILES string of the molecule is N#[N+]C=C=C(F)F. The standard InChI is InChI=1S/C3HF2N2/c4-3(5)1-2-7-6/h2H/q+1. The summed E-state index contributed by atoms with van der Waals surface area (Å²) >= 11 is 0. The molecule has 0 aliphatic carbocycles. The maximum Gasteiger partial charge on any atom is 0.398 e. The van der Waals surface area contributed by atoms with Gasteiger partial charge in [-0.2, -0.15) is 8.78 Å². The van der Waals surface area contributed by atoms with Gasteiger partial charge in [-0.15, -0.1) is 0 Å². The van der Waals surface area contributed by atoms with Crippen LogP contribution in [0.3, 0.4) is 0 Å². The third-order valence-electron chi connectivity index (χ3n) is 0.231. The van der Waals surface area contributed by atoms with Crippen LogP contribution < -0.4 is 0 Å². The minimum Gasteiger partial charge on any atom is -0.163 e. The molecule has 0 saturated carbocycles. The van der Waals surface area contributed by atoms with Gasteiger partial charge in [0.2, 0.25) is 5.39 Å². The van der Waals surface area contributed by atoms with Crippen LogP contribution in [0, 0.1) is 5.39 Å². The average Bonchev–Trinajstić information content (AvgIpc) is 1.61. The van der Waals surface area contributed by atoms with Gasteiger partial charge >= 0.3 is 12.3 Å². The molecule has 0 aliphatic heterocycles. The van der Waals surface area contributed by atoms with Crippen LogP contribution >= 0.6 is 0 Å². The van der Waals surface area contributed by atoms with Crippen molar-refractivity contribution in [1.82, 2.24) is 0 Å². The Kier molecular flexibility index (Phi) is 2.49. The van der Waals surface area contributed by atoms with Gasteiger partial charge in [0, 0.05) is 5.73 Å². The third kappa shape index (κ3) is 4.80. The second-order valence-corrected chi connectivity index (χ2v) is 0.649. The lowest BCUT2D eigenvalue weighted by Crippen LogP contribution is -1.42. The predicted octanol–water partition coefficient (Wildman–Crippen LogP) is 1.73. The molecule has 0 aliphatic rings. The summed E-state index contributed by atoms with van der Waals surface area (Å²) in [5.74, 6) is 0. The average molecular weight is 103 g/mol. The van der Waals surface area contributed by atoms with Gasteiger partial charge in [-0.25, -0.2) is 0 Å². The molecule has 0 amide bonds. The van der Waals surface area contributed by atoms with E-state index in [0.717, 1.165) is 0 Å². The van der Waals surface area contributed by atoms with E-state index in [0.29, 0.717) is 6.20 Å². The molecule has 0 heterocycles. The molecule has 0 aromatic rings. The van der Waals surface area contributed by atoms with E-state index in [9.17, 15) is 8.78 Å². The lowest BCUT2D eigenvalue weighted by Gasteiger charge is -1.54.